The molecule has 1 aromatic rings. The number of hydrogen-bond donors (Lipinski definition) is 0. The summed E-state index contributed by atoms with van der Waals surface area (Å²) in [7, 11) is 1.43. The van der Waals surface area contributed by atoms with Crippen molar-refractivity contribution in [2.24, 2.45) is 0 Å². The Morgan fingerprint density at radius 2 is 1.91 bits per heavy atom. The standard InChI is InChI=1S/C18H23NO4/c1-22-17(21)18(14-6-3-2-4-7-14)9-11-19(12-10-18)16(20)15-8-5-13-23-15/h2-4,6-7,15H,5,8-13H2,1H3/t15-/m1/s1. The highest BCUT2D eigenvalue weighted by Gasteiger charge is 2.45. The van der Waals surface area contributed by atoms with E-state index in [2.05, 4.69) is 0 Å². The van der Waals surface area contributed by atoms with Crippen LogP contribution in [0.1, 0.15) is 31.2 Å². The third kappa shape index (κ3) is 2.98. The summed E-state index contributed by atoms with van der Waals surface area (Å²) in [5.74, 6) is -0.151. The summed E-state index contributed by atoms with van der Waals surface area (Å²) in [6, 6.07) is 9.74. The molecule has 2 fully saturated rings. The fourth-order valence-corrected chi connectivity index (χ4v) is 3.65. The molecule has 1 aromatic carbocycles. The number of esters is 1. The van der Waals surface area contributed by atoms with Crippen molar-refractivity contribution in [1.29, 1.82) is 0 Å². The zero-order chi connectivity index (χ0) is 16.3. The van der Waals surface area contributed by atoms with Crippen molar-refractivity contribution < 1.29 is 19.1 Å². The number of amides is 1. The number of hydrogen-bond acceptors (Lipinski definition) is 4. The highest BCUT2D eigenvalue weighted by atomic mass is 16.5. The number of nitrogens with zero attached hydrogens (tertiary/aromatic N) is 1. The molecule has 124 valence electrons. The Kier molecular flexibility index (Phi) is 4.66. The van der Waals surface area contributed by atoms with E-state index in [9.17, 15) is 9.59 Å². The number of benzene rings is 1. The lowest BCUT2D eigenvalue weighted by Gasteiger charge is -2.40. The van der Waals surface area contributed by atoms with Gasteiger partial charge < -0.3 is 14.4 Å². The smallest absolute Gasteiger partial charge is 0.316 e. The molecule has 0 unspecified atom stereocenters. The molecule has 0 spiro atoms. The second kappa shape index (κ2) is 6.71. The fourth-order valence-electron chi connectivity index (χ4n) is 3.65. The van der Waals surface area contributed by atoms with Crippen LogP contribution < -0.4 is 0 Å². The lowest BCUT2D eigenvalue weighted by Crippen LogP contribution is -2.51. The van der Waals surface area contributed by atoms with Crippen LogP contribution in [0.15, 0.2) is 30.3 Å². The quantitative estimate of drug-likeness (QED) is 0.799. The van der Waals surface area contributed by atoms with Gasteiger partial charge in [0.05, 0.1) is 12.5 Å². The van der Waals surface area contributed by atoms with Gasteiger partial charge in [-0.05, 0) is 31.2 Å². The predicted molar refractivity (Wildman–Crippen MR) is 84.9 cm³/mol. The van der Waals surface area contributed by atoms with Crippen LogP contribution in [0.2, 0.25) is 0 Å². The molecular formula is C18H23NO4. The third-order valence-corrected chi connectivity index (χ3v) is 5.04. The highest BCUT2D eigenvalue weighted by Crippen LogP contribution is 2.37. The second-order valence-corrected chi connectivity index (χ2v) is 6.27. The second-order valence-electron chi connectivity index (χ2n) is 6.27. The molecule has 2 aliphatic heterocycles. The Balaban J connectivity index is 1.75. The average molecular weight is 317 g/mol. The van der Waals surface area contributed by atoms with E-state index >= 15 is 0 Å². The molecule has 0 radical (unpaired) electrons. The number of likely N-dealkylation sites (tertiary alicyclic amines) is 1. The molecule has 2 aliphatic rings. The van der Waals surface area contributed by atoms with Crippen LogP contribution in [0, 0.1) is 0 Å². The van der Waals surface area contributed by atoms with E-state index < -0.39 is 5.41 Å². The molecular weight excluding hydrogens is 294 g/mol. The zero-order valence-electron chi connectivity index (χ0n) is 13.5. The van der Waals surface area contributed by atoms with Gasteiger partial charge in [0.1, 0.15) is 6.10 Å². The topological polar surface area (TPSA) is 55.8 Å². The Morgan fingerprint density at radius 1 is 1.22 bits per heavy atom. The molecule has 5 heteroatoms. The first-order valence-electron chi connectivity index (χ1n) is 8.22. The summed E-state index contributed by atoms with van der Waals surface area (Å²) in [4.78, 5) is 26.8. The summed E-state index contributed by atoms with van der Waals surface area (Å²) in [6.45, 7) is 1.78. The van der Waals surface area contributed by atoms with Crippen LogP contribution in [-0.2, 0) is 24.5 Å². The van der Waals surface area contributed by atoms with Crippen molar-refractivity contribution in [2.75, 3.05) is 26.8 Å². The molecule has 2 saturated heterocycles. The molecule has 0 N–H and O–H groups in total. The maximum absolute atomic E-state index is 12.5. The van der Waals surface area contributed by atoms with E-state index in [1.54, 1.807) is 0 Å². The van der Waals surface area contributed by atoms with Gasteiger partial charge in [0.25, 0.3) is 5.91 Å². The van der Waals surface area contributed by atoms with Gasteiger partial charge in [-0.3, -0.25) is 9.59 Å². The summed E-state index contributed by atoms with van der Waals surface area (Å²) >= 11 is 0. The van der Waals surface area contributed by atoms with Crippen molar-refractivity contribution >= 4 is 11.9 Å². The molecule has 1 amide bonds. The molecule has 2 heterocycles. The number of carbonyl (C=O) groups excluding carboxylic acids is 2. The number of piperidine rings is 1. The molecule has 3 rings (SSSR count). The SMILES string of the molecule is COC(=O)C1(c2ccccc2)CCN(C(=O)[C@H]2CCCO2)CC1. The number of rotatable bonds is 3. The van der Waals surface area contributed by atoms with Crippen LogP contribution in [0.4, 0.5) is 0 Å². The fraction of sp³-hybridized carbons (Fsp3) is 0.556. The number of carbonyl (C=O) groups is 2. The van der Waals surface area contributed by atoms with E-state index in [0.717, 1.165) is 18.4 Å². The normalized spacial score (nSPS) is 23.5. The first kappa shape index (κ1) is 16.0. The first-order valence-corrected chi connectivity index (χ1v) is 8.22. The van der Waals surface area contributed by atoms with Gasteiger partial charge in [-0.2, -0.15) is 0 Å². The Hall–Kier alpha value is -1.88. The minimum atomic E-state index is -0.649. The van der Waals surface area contributed by atoms with Gasteiger partial charge in [-0.1, -0.05) is 30.3 Å². The largest absolute Gasteiger partial charge is 0.468 e. The van der Waals surface area contributed by atoms with E-state index in [0.29, 0.717) is 32.5 Å². The Bertz CT molecular complexity index is 558. The van der Waals surface area contributed by atoms with Crippen molar-refractivity contribution in [2.45, 2.75) is 37.2 Å². The van der Waals surface area contributed by atoms with E-state index in [4.69, 9.17) is 9.47 Å². The van der Waals surface area contributed by atoms with Gasteiger partial charge in [-0.15, -0.1) is 0 Å². The summed E-state index contributed by atoms with van der Waals surface area (Å²) < 4.78 is 10.6. The molecule has 5 nitrogen and oxygen atoms in total. The minimum absolute atomic E-state index is 0.0639. The highest BCUT2D eigenvalue weighted by molar-refractivity contribution is 5.85. The molecule has 1 atom stereocenters. The Morgan fingerprint density at radius 3 is 2.48 bits per heavy atom. The monoisotopic (exact) mass is 317 g/mol. The summed E-state index contributed by atoms with van der Waals surface area (Å²) in [5.41, 5.74) is 0.319. The predicted octanol–water partition coefficient (Wildman–Crippen LogP) is 1.90. The molecule has 0 bridgehead atoms. The summed E-state index contributed by atoms with van der Waals surface area (Å²) in [5, 5.41) is 0. The minimum Gasteiger partial charge on any atom is -0.468 e. The molecule has 23 heavy (non-hydrogen) atoms. The van der Waals surface area contributed by atoms with Crippen molar-refractivity contribution in [3.63, 3.8) is 0 Å². The third-order valence-electron chi connectivity index (χ3n) is 5.04. The van der Waals surface area contributed by atoms with Crippen LogP contribution in [0.5, 0.6) is 0 Å². The zero-order valence-corrected chi connectivity index (χ0v) is 13.5. The van der Waals surface area contributed by atoms with Gasteiger partial charge in [0.2, 0.25) is 0 Å². The van der Waals surface area contributed by atoms with Gasteiger partial charge in [0, 0.05) is 19.7 Å². The van der Waals surface area contributed by atoms with Crippen LogP contribution in [-0.4, -0.2) is 49.7 Å². The van der Waals surface area contributed by atoms with Gasteiger partial charge in [0.15, 0.2) is 0 Å². The van der Waals surface area contributed by atoms with Crippen molar-refractivity contribution in [1.82, 2.24) is 4.90 Å². The van der Waals surface area contributed by atoms with E-state index in [-0.39, 0.29) is 18.0 Å². The lowest BCUT2D eigenvalue weighted by atomic mass is 9.72. The molecule has 0 aromatic heterocycles. The molecule has 0 saturated carbocycles. The summed E-state index contributed by atoms with van der Waals surface area (Å²) in [6.07, 6.45) is 2.62. The maximum atomic E-state index is 12.5. The molecule has 0 aliphatic carbocycles. The van der Waals surface area contributed by atoms with E-state index in [1.807, 2.05) is 35.2 Å². The van der Waals surface area contributed by atoms with Crippen LogP contribution in [0.25, 0.3) is 0 Å². The Labute approximate surface area is 136 Å². The van der Waals surface area contributed by atoms with Gasteiger partial charge >= 0.3 is 5.97 Å². The number of ether oxygens (including phenoxy) is 2. The van der Waals surface area contributed by atoms with Crippen LogP contribution >= 0.6 is 0 Å². The van der Waals surface area contributed by atoms with Crippen molar-refractivity contribution in [3.8, 4) is 0 Å². The lowest BCUT2D eigenvalue weighted by molar-refractivity contribution is -0.153. The maximum Gasteiger partial charge on any atom is 0.316 e. The van der Waals surface area contributed by atoms with Crippen LogP contribution in [0.3, 0.4) is 0 Å². The van der Waals surface area contributed by atoms with Crippen molar-refractivity contribution in [3.05, 3.63) is 35.9 Å². The first-order chi connectivity index (χ1) is 11.2. The van der Waals surface area contributed by atoms with Gasteiger partial charge in [-0.25, -0.2) is 0 Å². The average Bonchev–Trinajstić information content (AvgIpc) is 3.16. The van der Waals surface area contributed by atoms with E-state index in [1.165, 1.54) is 7.11 Å². The number of methoxy groups -OCH3 is 1.